The highest BCUT2D eigenvalue weighted by Crippen LogP contribution is 2.25. The fourth-order valence-corrected chi connectivity index (χ4v) is 2.09. The number of halogens is 1. The first-order chi connectivity index (χ1) is 8.67. The molecule has 18 heavy (non-hydrogen) atoms. The molecule has 0 bridgehead atoms. The maximum atomic E-state index is 6.19. The van der Waals surface area contributed by atoms with Crippen LogP contribution in [-0.2, 0) is 13.0 Å². The minimum Gasteiger partial charge on any atom is -0.264 e. The summed E-state index contributed by atoms with van der Waals surface area (Å²) in [6, 6.07) is 1.96. The average molecular weight is 265 g/mol. The molecule has 0 aliphatic carbocycles. The van der Waals surface area contributed by atoms with Crippen LogP contribution in [0.15, 0.2) is 12.3 Å². The molecule has 0 saturated carbocycles. The Kier molecular flexibility index (Phi) is 3.97. The van der Waals surface area contributed by atoms with Gasteiger partial charge in [0.25, 0.3) is 0 Å². The Hall–Kier alpha value is -1.42. The summed E-state index contributed by atoms with van der Waals surface area (Å²) in [6.07, 6.45) is 3.63. The standard InChI is InChI=1S/C13H17ClN4/c1-4-6-11-16-12(9(3)13(14)17-11)10-7-8-15-18(10)5-2/h7-8H,4-6H2,1-3H3. The molecule has 0 saturated heterocycles. The lowest BCUT2D eigenvalue weighted by Gasteiger charge is -2.10. The molecule has 0 unspecified atom stereocenters. The van der Waals surface area contributed by atoms with E-state index < -0.39 is 0 Å². The molecule has 2 aromatic rings. The van der Waals surface area contributed by atoms with Crippen molar-refractivity contribution in [2.75, 3.05) is 0 Å². The third-order valence-electron chi connectivity index (χ3n) is 2.87. The summed E-state index contributed by atoms with van der Waals surface area (Å²) in [7, 11) is 0. The van der Waals surface area contributed by atoms with Gasteiger partial charge in [0, 0.05) is 24.7 Å². The van der Waals surface area contributed by atoms with Gasteiger partial charge in [0.1, 0.15) is 11.0 Å². The van der Waals surface area contributed by atoms with Crippen molar-refractivity contribution >= 4 is 11.6 Å². The first-order valence-corrected chi connectivity index (χ1v) is 6.60. The van der Waals surface area contributed by atoms with E-state index in [9.17, 15) is 0 Å². The van der Waals surface area contributed by atoms with Gasteiger partial charge in [0.05, 0.1) is 11.4 Å². The van der Waals surface area contributed by atoms with E-state index in [2.05, 4.69) is 28.9 Å². The van der Waals surface area contributed by atoms with Crippen LogP contribution >= 0.6 is 11.6 Å². The van der Waals surface area contributed by atoms with Gasteiger partial charge in [-0.25, -0.2) is 9.97 Å². The van der Waals surface area contributed by atoms with E-state index in [0.29, 0.717) is 5.15 Å². The summed E-state index contributed by atoms with van der Waals surface area (Å²) < 4.78 is 1.92. The van der Waals surface area contributed by atoms with Gasteiger partial charge in [-0.05, 0) is 26.3 Å². The molecule has 0 N–H and O–H groups in total. The normalized spacial score (nSPS) is 10.9. The third kappa shape index (κ3) is 2.38. The van der Waals surface area contributed by atoms with Crippen molar-refractivity contribution in [3.8, 4) is 11.4 Å². The summed E-state index contributed by atoms with van der Waals surface area (Å²) in [5, 5.41) is 4.81. The Morgan fingerprint density at radius 1 is 1.28 bits per heavy atom. The van der Waals surface area contributed by atoms with Gasteiger partial charge in [0.2, 0.25) is 0 Å². The summed E-state index contributed by atoms with van der Waals surface area (Å²) in [5.74, 6) is 0.798. The van der Waals surface area contributed by atoms with Crippen LogP contribution in [0.3, 0.4) is 0 Å². The second-order valence-electron chi connectivity index (χ2n) is 4.19. The Balaban J connectivity index is 2.55. The molecular formula is C13H17ClN4. The third-order valence-corrected chi connectivity index (χ3v) is 3.23. The van der Waals surface area contributed by atoms with Crippen LogP contribution in [0.4, 0.5) is 0 Å². The van der Waals surface area contributed by atoms with Gasteiger partial charge in [0.15, 0.2) is 0 Å². The zero-order chi connectivity index (χ0) is 13.1. The monoisotopic (exact) mass is 264 g/mol. The zero-order valence-corrected chi connectivity index (χ0v) is 11.7. The molecule has 2 rings (SSSR count). The lowest BCUT2D eigenvalue weighted by atomic mass is 10.2. The van der Waals surface area contributed by atoms with E-state index in [4.69, 9.17) is 11.6 Å². The summed E-state index contributed by atoms with van der Waals surface area (Å²) in [4.78, 5) is 8.93. The Morgan fingerprint density at radius 2 is 2.06 bits per heavy atom. The molecule has 0 amide bonds. The Bertz CT molecular complexity index is 548. The van der Waals surface area contributed by atoms with Crippen molar-refractivity contribution in [2.24, 2.45) is 0 Å². The fourth-order valence-electron chi connectivity index (χ4n) is 1.90. The highest BCUT2D eigenvalue weighted by Gasteiger charge is 2.14. The maximum Gasteiger partial charge on any atom is 0.136 e. The van der Waals surface area contributed by atoms with Crippen molar-refractivity contribution in [3.05, 3.63) is 28.8 Å². The molecule has 96 valence electrons. The number of hydrogen-bond donors (Lipinski definition) is 0. The smallest absolute Gasteiger partial charge is 0.136 e. The first kappa shape index (κ1) is 13.0. The fraction of sp³-hybridized carbons (Fsp3) is 0.462. The molecule has 0 fully saturated rings. The molecule has 0 aliphatic rings. The molecule has 2 aromatic heterocycles. The lowest BCUT2D eigenvalue weighted by molar-refractivity contribution is 0.664. The second-order valence-corrected chi connectivity index (χ2v) is 4.54. The van der Waals surface area contributed by atoms with E-state index in [0.717, 1.165) is 42.2 Å². The number of hydrogen-bond acceptors (Lipinski definition) is 3. The highest BCUT2D eigenvalue weighted by molar-refractivity contribution is 6.30. The molecular weight excluding hydrogens is 248 g/mol. The number of aromatic nitrogens is 4. The first-order valence-electron chi connectivity index (χ1n) is 6.22. The van der Waals surface area contributed by atoms with Crippen molar-refractivity contribution < 1.29 is 0 Å². The van der Waals surface area contributed by atoms with Crippen LogP contribution < -0.4 is 0 Å². The lowest BCUT2D eigenvalue weighted by Crippen LogP contribution is -2.05. The SMILES string of the molecule is CCCc1nc(Cl)c(C)c(-c2ccnn2CC)n1. The van der Waals surface area contributed by atoms with Gasteiger partial charge in [-0.2, -0.15) is 5.10 Å². The van der Waals surface area contributed by atoms with Crippen molar-refractivity contribution in [1.29, 1.82) is 0 Å². The van der Waals surface area contributed by atoms with Crippen LogP contribution in [0, 0.1) is 6.92 Å². The maximum absolute atomic E-state index is 6.19. The number of rotatable bonds is 4. The van der Waals surface area contributed by atoms with Gasteiger partial charge in [-0.15, -0.1) is 0 Å². The largest absolute Gasteiger partial charge is 0.264 e. The Labute approximate surface area is 112 Å². The van der Waals surface area contributed by atoms with Crippen molar-refractivity contribution in [1.82, 2.24) is 19.7 Å². The number of nitrogens with zero attached hydrogens (tertiary/aromatic N) is 4. The molecule has 0 aliphatic heterocycles. The van der Waals surface area contributed by atoms with Crippen molar-refractivity contribution in [2.45, 2.75) is 40.2 Å². The summed E-state index contributed by atoms with van der Waals surface area (Å²) in [5.41, 5.74) is 2.79. The number of aryl methyl sites for hydroxylation is 2. The molecule has 0 aromatic carbocycles. The summed E-state index contributed by atoms with van der Waals surface area (Å²) >= 11 is 6.19. The predicted molar refractivity (Wildman–Crippen MR) is 72.7 cm³/mol. The van der Waals surface area contributed by atoms with E-state index in [-0.39, 0.29) is 0 Å². The Morgan fingerprint density at radius 3 is 2.72 bits per heavy atom. The molecule has 2 heterocycles. The average Bonchev–Trinajstić information content (AvgIpc) is 2.82. The van der Waals surface area contributed by atoms with Crippen molar-refractivity contribution in [3.63, 3.8) is 0 Å². The molecule has 5 heteroatoms. The van der Waals surface area contributed by atoms with E-state index in [1.54, 1.807) is 6.20 Å². The van der Waals surface area contributed by atoms with Crippen LogP contribution in [0.1, 0.15) is 31.7 Å². The van der Waals surface area contributed by atoms with Crippen LogP contribution in [-0.4, -0.2) is 19.7 Å². The van der Waals surface area contributed by atoms with E-state index >= 15 is 0 Å². The topological polar surface area (TPSA) is 43.6 Å². The van der Waals surface area contributed by atoms with E-state index in [1.807, 2.05) is 17.7 Å². The molecule has 0 radical (unpaired) electrons. The highest BCUT2D eigenvalue weighted by atomic mass is 35.5. The second kappa shape index (κ2) is 5.48. The van der Waals surface area contributed by atoms with Gasteiger partial charge < -0.3 is 0 Å². The van der Waals surface area contributed by atoms with Gasteiger partial charge in [-0.3, -0.25) is 4.68 Å². The van der Waals surface area contributed by atoms with Gasteiger partial charge >= 0.3 is 0 Å². The summed E-state index contributed by atoms with van der Waals surface area (Å²) in [6.45, 7) is 6.92. The predicted octanol–water partition coefficient (Wildman–Crippen LogP) is 3.27. The van der Waals surface area contributed by atoms with Crippen LogP contribution in [0.25, 0.3) is 11.4 Å². The quantitative estimate of drug-likeness (QED) is 0.796. The zero-order valence-electron chi connectivity index (χ0n) is 10.9. The molecule has 4 nitrogen and oxygen atoms in total. The van der Waals surface area contributed by atoms with Crippen LogP contribution in [0.5, 0.6) is 0 Å². The molecule has 0 spiro atoms. The van der Waals surface area contributed by atoms with E-state index in [1.165, 1.54) is 0 Å². The minimum atomic E-state index is 0.535. The van der Waals surface area contributed by atoms with Gasteiger partial charge in [-0.1, -0.05) is 18.5 Å². The van der Waals surface area contributed by atoms with Crippen LogP contribution in [0.2, 0.25) is 5.15 Å². The minimum absolute atomic E-state index is 0.535. The molecule has 0 atom stereocenters.